The summed E-state index contributed by atoms with van der Waals surface area (Å²) < 4.78 is 42.3. The van der Waals surface area contributed by atoms with Gasteiger partial charge in [0.25, 0.3) is 0 Å². The number of ether oxygens (including phenoxy) is 3. The average Bonchev–Trinajstić information content (AvgIpc) is 2.87. The molecule has 0 unspecified atom stereocenters. The Morgan fingerprint density at radius 1 is 0.946 bits per heavy atom. The lowest BCUT2D eigenvalue weighted by Crippen LogP contribution is -2.51. The number of nitrogens with zero attached hydrogens (tertiary/aromatic N) is 2. The SMILES string of the molecule is COc1cccc(CN(C(=O)CN(c2ccc(OC)c(OC)c2)S(C)(=O)=O)[C@@H](C)C(=O)NCC(C)C)c1. The van der Waals surface area contributed by atoms with Crippen LogP contribution in [0.3, 0.4) is 0 Å². The number of benzene rings is 2. The Balaban J connectivity index is 2.43. The van der Waals surface area contributed by atoms with E-state index in [0.29, 0.717) is 23.8 Å². The molecule has 0 bridgehead atoms. The van der Waals surface area contributed by atoms with Gasteiger partial charge in [-0.05, 0) is 42.7 Å². The van der Waals surface area contributed by atoms with Crippen LogP contribution in [-0.4, -0.2) is 71.8 Å². The fraction of sp³-hybridized carbons (Fsp3) is 0.462. The van der Waals surface area contributed by atoms with E-state index in [2.05, 4.69) is 5.32 Å². The van der Waals surface area contributed by atoms with E-state index in [-0.39, 0.29) is 24.1 Å². The molecule has 2 rings (SSSR count). The van der Waals surface area contributed by atoms with Crippen molar-refractivity contribution < 1.29 is 32.2 Å². The summed E-state index contributed by atoms with van der Waals surface area (Å²) in [4.78, 5) is 27.9. The van der Waals surface area contributed by atoms with Crippen LogP contribution >= 0.6 is 0 Å². The molecule has 10 nitrogen and oxygen atoms in total. The van der Waals surface area contributed by atoms with Crippen LogP contribution in [0.2, 0.25) is 0 Å². The maximum Gasteiger partial charge on any atom is 0.244 e. The van der Waals surface area contributed by atoms with Crippen molar-refractivity contribution in [1.82, 2.24) is 10.2 Å². The molecule has 37 heavy (non-hydrogen) atoms. The molecule has 0 saturated carbocycles. The number of sulfonamides is 1. The predicted molar refractivity (Wildman–Crippen MR) is 143 cm³/mol. The maximum absolute atomic E-state index is 13.6. The summed E-state index contributed by atoms with van der Waals surface area (Å²) >= 11 is 0. The summed E-state index contributed by atoms with van der Waals surface area (Å²) in [6, 6.07) is 10.9. The standard InChI is InChI=1S/C26H37N3O7S/c1-18(2)15-27-26(31)19(3)28(16-20-9-8-10-22(13-20)34-4)25(30)17-29(37(7,32)33)21-11-12-23(35-5)24(14-21)36-6/h8-14,18-19H,15-17H2,1-7H3,(H,27,31)/t19-/m0/s1. The Kier molecular flexibility index (Phi) is 10.6. The van der Waals surface area contributed by atoms with Crippen molar-refractivity contribution in [2.75, 3.05) is 45.0 Å². The van der Waals surface area contributed by atoms with Crippen LogP contribution in [0.1, 0.15) is 26.3 Å². The van der Waals surface area contributed by atoms with Crippen molar-refractivity contribution in [3.05, 3.63) is 48.0 Å². The van der Waals surface area contributed by atoms with Crippen molar-refractivity contribution >= 4 is 27.5 Å². The van der Waals surface area contributed by atoms with Gasteiger partial charge in [0.15, 0.2) is 11.5 Å². The minimum absolute atomic E-state index is 0.0792. The maximum atomic E-state index is 13.6. The molecule has 0 aromatic heterocycles. The van der Waals surface area contributed by atoms with E-state index < -0.39 is 28.5 Å². The van der Waals surface area contributed by atoms with Crippen LogP contribution < -0.4 is 23.8 Å². The third-order valence-corrected chi connectivity index (χ3v) is 6.81. The van der Waals surface area contributed by atoms with Crippen LogP contribution in [0.5, 0.6) is 17.2 Å². The van der Waals surface area contributed by atoms with Crippen molar-refractivity contribution in [1.29, 1.82) is 0 Å². The average molecular weight is 536 g/mol. The molecule has 0 saturated heterocycles. The van der Waals surface area contributed by atoms with Gasteiger partial charge in [-0.25, -0.2) is 8.42 Å². The van der Waals surface area contributed by atoms with E-state index in [1.54, 1.807) is 31.2 Å². The molecule has 0 aliphatic carbocycles. The highest BCUT2D eigenvalue weighted by Gasteiger charge is 2.30. The highest BCUT2D eigenvalue weighted by atomic mass is 32.2. The van der Waals surface area contributed by atoms with E-state index in [0.717, 1.165) is 16.1 Å². The summed E-state index contributed by atoms with van der Waals surface area (Å²) in [7, 11) is 0.571. The van der Waals surface area contributed by atoms with Gasteiger partial charge >= 0.3 is 0 Å². The topological polar surface area (TPSA) is 114 Å². The lowest BCUT2D eigenvalue weighted by atomic mass is 10.1. The highest BCUT2D eigenvalue weighted by Crippen LogP contribution is 2.32. The number of rotatable bonds is 13. The van der Waals surface area contributed by atoms with Gasteiger partial charge in [-0.3, -0.25) is 13.9 Å². The molecule has 11 heteroatoms. The van der Waals surface area contributed by atoms with Gasteiger partial charge < -0.3 is 24.4 Å². The molecule has 2 aromatic rings. The second-order valence-corrected chi connectivity index (χ2v) is 10.9. The van der Waals surface area contributed by atoms with Crippen molar-refractivity contribution in [2.45, 2.75) is 33.4 Å². The normalized spacial score (nSPS) is 12.0. The molecule has 204 valence electrons. The summed E-state index contributed by atoms with van der Waals surface area (Å²) in [6.07, 6.45) is 1.02. The van der Waals surface area contributed by atoms with Crippen LogP contribution in [0.4, 0.5) is 5.69 Å². The van der Waals surface area contributed by atoms with Gasteiger partial charge in [-0.15, -0.1) is 0 Å². The highest BCUT2D eigenvalue weighted by molar-refractivity contribution is 7.92. The summed E-state index contributed by atoms with van der Waals surface area (Å²) in [6.45, 7) is 5.57. The van der Waals surface area contributed by atoms with Crippen molar-refractivity contribution in [2.24, 2.45) is 5.92 Å². The second kappa shape index (κ2) is 13.2. The molecule has 2 aromatic carbocycles. The number of carbonyl (C=O) groups excluding carboxylic acids is 2. The molecule has 0 spiro atoms. The van der Waals surface area contributed by atoms with Crippen LogP contribution in [0.25, 0.3) is 0 Å². The Labute approximate surface area is 219 Å². The predicted octanol–water partition coefficient (Wildman–Crippen LogP) is 2.67. The Hall–Kier alpha value is -3.47. The Morgan fingerprint density at radius 2 is 1.62 bits per heavy atom. The third kappa shape index (κ3) is 8.28. The zero-order valence-corrected chi connectivity index (χ0v) is 23.3. The first-order valence-electron chi connectivity index (χ1n) is 11.8. The molecule has 0 fully saturated rings. The number of carbonyl (C=O) groups is 2. The first kappa shape index (κ1) is 29.8. The molecule has 1 atom stereocenters. The van der Waals surface area contributed by atoms with Crippen LogP contribution in [0.15, 0.2) is 42.5 Å². The summed E-state index contributed by atoms with van der Waals surface area (Å²) in [5.74, 6) is 0.684. The van der Waals surface area contributed by atoms with Gasteiger partial charge in [0.1, 0.15) is 18.3 Å². The smallest absolute Gasteiger partial charge is 0.244 e. The quantitative estimate of drug-likeness (QED) is 0.419. The van der Waals surface area contributed by atoms with Gasteiger partial charge in [0.05, 0.1) is 33.3 Å². The number of amides is 2. The van der Waals surface area contributed by atoms with Crippen molar-refractivity contribution in [3.63, 3.8) is 0 Å². The number of nitrogens with one attached hydrogen (secondary N) is 1. The lowest BCUT2D eigenvalue weighted by molar-refractivity contribution is -0.139. The molecular weight excluding hydrogens is 498 g/mol. The first-order chi connectivity index (χ1) is 17.4. The van der Waals surface area contributed by atoms with E-state index in [4.69, 9.17) is 14.2 Å². The monoisotopic (exact) mass is 535 g/mol. The minimum Gasteiger partial charge on any atom is -0.497 e. The second-order valence-electron chi connectivity index (χ2n) is 9.00. The number of methoxy groups -OCH3 is 3. The van der Waals surface area contributed by atoms with Crippen molar-refractivity contribution in [3.8, 4) is 17.2 Å². The molecule has 0 radical (unpaired) electrons. The third-order valence-electron chi connectivity index (χ3n) is 5.67. The number of hydrogen-bond acceptors (Lipinski definition) is 7. The Morgan fingerprint density at radius 3 is 2.19 bits per heavy atom. The molecule has 0 heterocycles. The van der Waals surface area contributed by atoms with Crippen LogP contribution in [0, 0.1) is 5.92 Å². The van der Waals surface area contributed by atoms with E-state index in [1.807, 2.05) is 19.9 Å². The zero-order chi connectivity index (χ0) is 27.8. The fourth-order valence-corrected chi connectivity index (χ4v) is 4.44. The number of anilines is 1. The molecule has 0 aliphatic heterocycles. The molecular formula is C26H37N3O7S. The van der Waals surface area contributed by atoms with Gasteiger partial charge in [-0.2, -0.15) is 0 Å². The molecule has 0 aliphatic rings. The van der Waals surface area contributed by atoms with Gasteiger partial charge in [-0.1, -0.05) is 26.0 Å². The summed E-state index contributed by atoms with van der Waals surface area (Å²) in [5.41, 5.74) is 0.958. The zero-order valence-electron chi connectivity index (χ0n) is 22.5. The largest absolute Gasteiger partial charge is 0.497 e. The van der Waals surface area contributed by atoms with Gasteiger partial charge in [0, 0.05) is 19.2 Å². The van der Waals surface area contributed by atoms with E-state index in [1.165, 1.54) is 38.4 Å². The molecule has 1 N–H and O–H groups in total. The van der Waals surface area contributed by atoms with Crippen LogP contribution in [-0.2, 0) is 26.2 Å². The molecule has 2 amide bonds. The minimum atomic E-state index is -3.87. The van der Waals surface area contributed by atoms with Gasteiger partial charge in [0.2, 0.25) is 21.8 Å². The van der Waals surface area contributed by atoms with E-state index >= 15 is 0 Å². The van der Waals surface area contributed by atoms with E-state index in [9.17, 15) is 18.0 Å². The fourth-order valence-electron chi connectivity index (χ4n) is 3.60. The Bertz CT molecular complexity index is 1180. The lowest BCUT2D eigenvalue weighted by Gasteiger charge is -2.31. The number of hydrogen-bond donors (Lipinski definition) is 1. The first-order valence-corrected chi connectivity index (χ1v) is 13.7. The summed E-state index contributed by atoms with van der Waals surface area (Å²) in [5, 5.41) is 2.85.